The molecule has 8 aromatic carbocycles. The maximum Gasteiger partial charge on any atom is 0.258 e. The van der Waals surface area contributed by atoms with E-state index in [1.165, 1.54) is 55.6 Å². The Balaban J connectivity index is 0.000000222. The van der Waals surface area contributed by atoms with Crippen LogP contribution in [-0.4, -0.2) is 82.7 Å². The highest BCUT2D eigenvalue weighted by atomic mass is 79.9. The van der Waals surface area contributed by atoms with Gasteiger partial charge in [0.25, 0.3) is 16.6 Å². The molecule has 0 unspecified atom stereocenters. The van der Waals surface area contributed by atoms with Gasteiger partial charge in [0.1, 0.15) is 36.2 Å². The summed E-state index contributed by atoms with van der Waals surface area (Å²) in [7, 11) is -4.21. The standard InChI is InChI=1S/C43H56Br2O2Si2.C37H40Br2O6/c1-27(2)48(28(3)4,29(5)6)46-37-19-13-33(14-20-37)43(41-25-35(44)17-23-39(41)40-24-18-36(45)26-42(40)43)34-15-21-38(22-16-34)47-49(30(7)8,31(9)10)32(11)12;1-3-40-17-19-42-21-23-44-31-11-5-27(6-12-31)37(28-7-13-32(14-8-28)45-24-22-43-20-18-41-4-2)35-25-29(38)9-15-33(35)34-16-10-30(39)26-36(34)37/h13-32H,1-12H3;5-16,25-26H,3-4,17-24H2,1-2H3. The maximum absolute atomic E-state index is 7.15. The molecule has 14 heteroatoms. The van der Waals surface area contributed by atoms with Gasteiger partial charge in [-0.2, -0.15) is 0 Å². The summed E-state index contributed by atoms with van der Waals surface area (Å²) in [5.74, 6) is 3.56. The summed E-state index contributed by atoms with van der Waals surface area (Å²) in [6.07, 6.45) is 0. The van der Waals surface area contributed by atoms with Gasteiger partial charge in [0.2, 0.25) is 0 Å². The summed E-state index contributed by atoms with van der Waals surface area (Å²) >= 11 is 15.2. The molecule has 0 aliphatic heterocycles. The van der Waals surface area contributed by atoms with E-state index in [0.29, 0.717) is 99.3 Å². The lowest BCUT2D eigenvalue weighted by atomic mass is 9.67. The Morgan fingerprint density at radius 3 is 0.745 bits per heavy atom. The van der Waals surface area contributed by atoms with Crippen LogP contribution in [-0.2, 0) is 29.8 Å². The Bertz CT molecular complexity index is 3470. The predicted octanol–water partition coefficient (Wildman–Crippen LogP) is 23.1. The molecule has 0 spiro atoms. The molecule has 0 saturated heterocycles. The van der Waals surface area contributed by atoms with E-state index < -0.39 is 27.5 Å². The Morgan fingerprint density at radius 2 is 0.511 bits per heavy atom. The fourth-order valence-electron chi connectivity index (χ4n) is 15.5. The first-order chi connectivity index (χ1) is 45.1. The lowest BCUT2D eigenvalue weighted by Gasteiger charge is -2.42. The van der Waals surface area contributed by atoms with Crippen LogP contribution in [0.2, 0.25) is 33.2 Å². The van der Waals surface area contributed by atoms with E-state index in [1.54, 1.807) is 0 Å². The second-order valence-electron chi connectivity index (χ2n) is 26.5. The number of fused-ring (bicyclic) bond motifs is 6. The van der Waals surface area contributed by atoms with Crippen molar-refractivity contribution >= 4 is 80.4 Å². The lowest BCUT2D eigenvalue weighted by Crippen LogP contribution is -2.50. The number of hydrogen-bond donors (Lipinski definition) is 0. The molecule has 0 heterocycles. The first-order valence-corrected chi connectivity index (χ1v) is 41.1. The van der Waals surface area contributed by atoms with Crippen LogP contribution < -0.4 is 18.3 Å². The van der Waals surface area contributed by atoms with E-state index in [0.717, 1.165) is 52.0 Å². The minimum absolute atomic E-state index is 0.473. The Hall–Kier alpha value is -4.85. The minimum Gasteiger partial charge on any atom is -0.543 e. The van der Waals surface area contributed by atoms with Crippen molar-refractivity contribution in [2.75, 3.05) is 66.1 Å². The highest BCUT2D eigenvalue weighted by Crippen LogP contribution is 2.60. The predicted molar refractivity (Wildman–Crippen MR) is 407 cm³/mol. The van der Waals surface area contributed by atoms with Crippen LogP contribution in [0.5, 0.6) is 23.0 Å². The average molecular weight is 1560 g/mol. The van der Waals surface area contributed by atoms with Gasteiger partial charge in [0.15, 0.2) is 0 Å². The highest BCUT2D eigenvalue weighted by Gasteiger charge is 2.51. The summed E-state index contributed by atoms with van der Waals surface area (Å²) in [5, 5.41) is 0. The first-order valence-electron chi connectivity index (χ1n) is 33.7. The van der Waals surface area contributed by atoms with Crippen molar-refractivity contribution < 1.29 is 37.3 Å². The molecule has 94 heavy (non-hydrogen) atoms. The summed E-state index contributed by atoms with van der Waals surface area (Å²) in [4.78, 5) is 0. The van der Waals surface area contributed by atoms with E-state index in [4.69, 9.17) is 37.3 Å². The minimum atomic E-state index is -2.10. The van der Waals surface area contributed by atoms with Gasteiger partial charge >= 0.3 is 0 Å². The second-order valence-corrected chi connectivity index (χ2v) is 40.9. The van der Waals surface area contributed by atoms with Crippen LogP contribution in [0.1, 0.15) is 141 Å². The molecule has 500 valence electrons. The van der Waals surface area contributed by atoms with Crippen LogP contribution in [0.25, 0.3) is 22.3 Å². The third kappa shape index (κ3) is 15.1. The SMILES string of the molecule is CC(C)[Si](Oc1ccc(C2(c3ccc(O[Si](C(C)C)(C(C)C)C(C)C)cc3)c3cc(Br)ccc3-c3ccc(Br)cc32)cc1)(C(C)C)C(C)C.CCOCCOCCOc1ccc(C2(c3ccc(OCCOCCOCC)cc3)c3cc(Br)ccc3-c3ccc(Br)cc32)cc1. The third-order valence-electron chi connectivity index (χ3n) is 19.4. The van der Waals surface area contributed by atoms with Crippen LogP contribution in [0, 0.1) is 0 Å². The molecular formula is C80H96Br4O8Si2. The van der Waals surface area contributed by atoms with E-state index >= 15 is 0 Å². The number of rotatable bonds is 30. The van der Waals surface area contributed by atoms with Crippen LogP contribution in [0.4, 0.5) is 0 Å². The summed E-state index contributed by atoms with van der Waals surface area (Å²) < 4.78 is 52.4. The number of hydrogen-bond acceptors (Lipinski definition) is 8. The van der Waals surface area contributed by atoms with Crippen LogP contribution in [0.3, 0.4) is 0 Å². The third-order valence-corrected chi connectivity index (χ3v) is 33.4. The van der Waals surface area contributed by atoms with Crippen molar-refractivity contribution in [3.63, 3.8) is 0 Å². The van der Waals surface area contributed by atoms with Gasteiger partial charge in [-0.3, -0.25) is 0 Å². The van der Waals surface area contributed by atoms with E-state index in [2.05, 4.69) is 292 Å². The molecule has 0 saturated carbocycles. The fraction of sp³-hybridized carbons (Fsp3) is 0.400. The second kappa shape index (κ2) is 32.7. The molecule has 0 amide bonds. The molecule has 8 nitrogen and oxygen atoms in total. The summed E-state index contributed by atoms with van der Waals surface area (Å²) in [5.41, 5.74) is 16.7. The Kier molecular flexibility index (Phi) is 25.5. The summed E-state index contributed by atoms with van der Waals surface area (Å²) in [6, 6.07) is 61.7. The van der Waals surface area contributed by atoms with E-state index in [1.807, 2.05) is 38.1 Å². The zero-order chi connectivity index (χ0) is 67.5. The Morgan fingerprint density at radius 1 is 0.287 bits per heavy atom. The van der Waals surface area contributed by atoms with Crippen LogP contribution in [0.15, 0.2) is 188 Å². The molecule has 0 bridgehead atoms. The fourth-order valence-corrected chi connectivity index (χ4v) is 27.5. The molecule has 0 N–H and O–H groups in total. The van der Waals surface area contributed by atoms with Gasteiger partial charge in [-0.05, 0) is 211 Å². The van der Waals surface area contributed by atoms with Crippen molar-refractivity contribution in [1.29, 1.82) is 0 Å². The van der Waals surface area contributed by atoms with Crippen molar-refractivity contribution in [2.24, 2.45) is 0 Å². The molecule has 0 radical (unpaired) electrons. The average Bonchev–Trinajstić information content (AvgIpc) is 1.53. The van der Waals surface area contributed by atoms with E-state index in [9.17, 15) is 0 Å². The van der Waals surface area contributed by atoms with Gasteiger partial charge in [-0.25, -0.2) is 0 Å². The van der Waals surface area contributed by atoms with Crippen molar-refractivity contribution in [3.05, 3.63) is 232 Å². The van der Waals surface area contributed by atoms with Gasteiger partial charge in [-0.15, -0.1) is 0 Å². The van der Waals surface area contributed by atoms with Gasteiger partial charge < -0.3 is 37.3 Å². The Labute approximate surface area is 597 Å². The number of halogens is 4. The summed E-state index contributed by atoms with van der Waals surface area (Å²) in [6.45, 7) is 37.8. The van der Waals surface area contributed by atoms with E-state index in [-0.39, 0.29) is 0 Å². The zero-order valence-corrected chi connectivity index (χ0v) is 65.8. The van der Waals surface area contributed by atoms with Gasteiger partial charge in [0, 0.05) is 31.1 Å². The highest BCUT2D eigenvalue weighted by molar-refractivity contribution is 9.11. The van der Waals surface area contributed by atoms with Gasteiger partial charge in [-0.1, -0.05) is 220 Å². The molecule has 2 aliphatic rings. The van der Waals surface area contributed by atoms with Crippen molar-refractivity contribution in [1.82, 2.24) is 0 Å². The molecule has 10 rings (SSSR count). The monoisotopic (exact) mass is 1560 g/mol. The number of ether oxygens (including phenoxy) is 6. The quantitative estimate of drug-likeness (QED) is 0.0326. The van der Waals surface area contributed by atoms with Crippen molar-refractivity contribution in [2.45, 2.75) is 141 Å². The van der Waals surface area contributed by atoms with Crippen molar-refractivity contribution in [3.8, 4) is 45.3 Å². The smallest absolute Gasteiger partial charge is 0.258 e. The lowest BCUT2D eigenvalue weighted by molar-refractivity contribution is 0.0405. The molecule has 0 fully saturated rings. The molecule has 2 aliphatic carbocycles. The topological polar surface area (TPSA) is 73.8 Å². The molecule has 8 aromatic rings. The normalized spacial score (nSPS) is 13.7. The van der Waals surface area contributed by atoms with Crippen LogP contribution >= 0.6 is 63.7 Å². The molecule has 0 atom stereocenters. The molecule has 0 aromatic heterocycles. The number of benzene rings is 8. The first kappa shape index (κ1) is 73.4. The maximum atomic E-state index is 7.15. The zero-order valence-electron chi connectivity index (χ0n) is 57.5. The molecular weight excluding hydrogens is 1460 g/mol. The largest absolute Gasteiger partial charge is 0.543 e. The van der Waals surface area contributed by atoms with Gasteiger partial charge in [0.05, 0.1) is 50.5 Å².